The first kappa shape index (κ1) is 13.3. The molecule has 2 nitrogen and oxygen atoms in total. The summed E-state index contributed by atoms with van der Waals surface area (Å²) in [5, 5.41) is 0. The van der Waals surface area contributed by atoms with E-state index >= 15 is 0 Å². The first-order chi connectivity index (χ1) is 6.33. The molecule has 0 rings (SSSR count). The summed E-state index contributed by atoms with van der Waals surface area (Å²) in [5.41, 5.74) is 0.0881. The number of aliphatic imine (C=N–C) groups is 2. The van der Waals surface area contributed by atoms with Crippen LogP contribution in [0.25, 0.3) is 0 Å². The molecule has 82 valence electrons. The molecule has 0 aliphatic heterocycles. The Kier molecular flexibility index (Phi) is 5.03. The van der Waals surface area contributed by atoms with Crippen molar-refractivity contribution in [1.29, 1.82) is 0 Å². The van der Waals surface area contributed by atoms with Gasteiger partial charge in [-0.05, 0) is 40.5 Å². The monoisotopic (exact) mass is 196 g/mol. The van der Waals surface area contributed by atoms with E-state index in [1.165, 1.54) is 0 Å². The van der Waals surface area contributed by atoms with Gasteiger partial charge < -0.3 is 0 Å². The second kappa shape index (κ2) is 5.28. The van der Waals surface area contributed by atoms with Crippen LogP contribution in [0.2, 0.25) is 0 Å². The fourth-order valence-corrected chi connectivity index (χ4v) is 0.653. The Morgan fingerprint density at radius 2 is 1.07 bits per heavy atom. The molecule has 0 atom stereocenters. The Hall–Kier alpha value is -0.660. The molecule has 14 heavy (non-hydrogen) atoms. The molecule has 0 aliphatic rings. The highest BCUT2D eigenvalue weighted by molar-refractivity contribution is 6.16. The molecule has 0 fully saturated rings. The first-order valence-electron chi connectivity index (χ1n) is 5.42. The summed E-state index contributed by atoms with van der Waals surface area (Å²) in [5.74, 6) is 0. The van der Waals surface area contributed by atoms with E-state index in [9.17, 15) is 0 Å². The minimum atomic E-state index is 0.0440. The first-order valence-corrected chi connectivity index (χ1v) is 5.42. The van der Waals surface area contributed by atoms with Gasteiger partial charge in [0.1, 0.15) is 0 Å². The summed E-state index contributed by atoms with van der Waals surface area (Å²) in [6, 6.07) is 0. The van der Waals surface area contributed by atoms with Gasteiger partial charge in [0.2, 0.25) is 0 Å². The van der Waals surface area contributed by atoms with Gasteiger partial charge in [-0.1, -0.05) is 13.8 Å². The van der Waals surface area contributed by atoms with Crippen LogP contribution >= 0.6 is 0 Å². The van der Waals surface area contributed by atoms with Crippen molar-refractivity contribution in [2.24, 2.45) is 9.98 Å². The van der Waals surface area contributed by atoms with Gasteiger partial charge >= 0.3 is 0 Å². The van der Waals surface area contributed by atoms with Crippen LogP contribution in [0.15, 0.2) is 9.98 Å². The van der Waals surface area contributed by atoms with Crippen molar-refractivity contribution in [2.75, 3.05) is 0 Å². The maximum Gasteiger partial charge on any atom is 0.0550 e. The molecule has 0 aromatic carbocycles. The van der Waals surface area contributed by atoms with Gasteiger partial charge in [-0.3, -0.25) is 9.98 Å². The van der Waals surface area contributed by atoms with Crippen LogP contribution in [0.4, 0.5) is 0 Å². The maximum absolute atomic E-state index is 4.44. The number of rotatable bonds is 5. The zero-order valence-electron chi connectivity index (χ0n) is 10.5. The Labute approximate surface area is 88.5 Å². The highest BCUT2D eigenvalue weighted by atomic mass is 14.9. The summed E-state index contributed by atoms with van der Waals surface area (Å²) in [6.45, 7) is 12.8. The third kappa shape index (κ3) is 5.90. The van der Waals surface area contributed by atoms with Gasteiger partial charge in [0.15, 0.2) is 0 Å². The van der Waals surface area contributed by atoms with Crippen molar-refractivity contribution < 1.29 is 0 Å². The van der Waals surface area contributed by atoms with Crippen molar-refractivity contribution >= 4 is 12.4 Å². The van der Waals surface area contributed by atoms with Gasteiger partial charge in [-0.15, -0.1) is 0 Å². The van der Waals surface area contributed by atoms with E-state index in [1.54, 1.807) is 0 Å². The van der Waals surface area contributed by atoms with Gasteiger partial charge in [0.05, 0.1) is 11.1 Å². The Morgan fingerprint density at radius 3 is 1.29 bits per heavy atom. The van der Waals surface area contributed by atoms with E-state index in [0.717, 1.165) is 12.8 Å². The summed E-state index contributed by atoms with van der Waals surface area (Å²) in [4.78, 5) is 8.88. The molecule has 0 amide bonds. The minimum Gasteiger partial charge on any atom is -0.286 e. The van der Waals surface area contributed by atoms with Crippen molar-refractivity contribution in [3.05, 3.63) is 0 Å². The lowest BCUT2D eigenvalue weighted by atomic mass is 10.0. The fraction of sp³-hybridized carbons (Fsp3) is 0.833. The van der Waals surface area contributed by atoms with Crippen LogP contribution < -0.4 is 0 Å². The molecule has 2 heteroatoms. The molecule has 0 saturated heterocycles. The number of nitrogens with zero attached hydrogens (tertiary/aromatic N) is 2. The van der Waals surface area contributed by atoms with E-state index < -0.39 is 0 Å². The van der Waals surface area contributed by atoms with E-state index in [4.69, 9.17) is 0 Å². The third-order valence-corrected chi connectivity index (χ3v) is 2.65. The molecular weight excluding hydrogens is 172 g/mol. The van der Waals surface area contributed by atoms with Crippen molar-refractivity contribution in [3.8, 4) is 0 Å². The smallest absolute Gasteiger partial charge is 0.0550 e. The van der Waals surface area contributed by atoms with Gasteiger partial charge in [0.25, 0.3) is 0 Å². The van der Waals surface area contributed by atoms with Crippen LogP contribution in [-0.4, -0.2) is 23.5 Å². The molecule has 0 unspecified atom stereocenters. The second-order valence-corrected chi connectivity index (χ2v) is 4.89. The Balaban J connectivity index is 4.18. The van der Waals surface area contributed by atoms with Crippen LogP contribution in [0.5, 0.6) is 0 Å². The van der Waals surface area contributed by atoms with E-state index in [0.29, 0.717) is 0 Å². The van der Waals surface area contributed by atoms with Crippen LogP contribution in [-0.2, 0) is 0 Å². The van der Waals surface area contributed by atoms with Gasteiger partial charge in [-0.2, -0.15) is 0 Å². The third-order valence-electron chi connectivity index (χ3n) is 2.65. The quantitative estimate of drug-likeness (QED) is 0.601. The highest BCUT2D eigenvalue weighted by Gasteiger charge is 2.11. The molecular formula is C12H24N2. The molecule has 0 radical (unpaired) electrons. The average molecular weight is 196 g/mol. The minimum absolute atomic E-state index is 0.0440. The zero-order valence-corrected chi connectivity index (χ0v) is 10.5. The Morgan fingerprint density at radius 1 is 0.786 bits per heavy atom. The predicted octanol–water partition coefficient (Wildman–Crippen LogP) is 3.51. The maximum atomic E-state index is 4.44. The Bertz CT molecular complexity index is 188. The molecule has 0 bridgehead atoms. The van der Waals surface area contributed by atoms with Gasteiger partial charge in [0, 0.05) is 12.4 Å². The molecule has 0 heterocycles. The standard InChI is InChI=1S/C12H24N2/c1-7-11(3,4)13-9-10-14-12(5,6)8-2/h9-10H,7-8H2,1-6H3. The SMILES string of the molecule is CCC(C)(C)N=CC=NC(C)(C)CC. The highest BCUT2D eigenvalue weighted by Crippen LogP contribution is 2.13. The number of hydrogen-bond donors (Lipinski definition) is 0. The average Bonchev–Trinajstić information content (AvgIpc) is 2.13. The normalized spacial score (nSPS) is 14.4. The molecule has 0 spiro atoms. The summed E-state index contributed by atoms with van der Waals surface area (Å²) < 4.78 is 0. The van der Waals surface area contributed by atoms with Crippen molar-refractivity contribution in [1.82, 2.24) is 0 Å². The molecule has 0 aromatic rings. The molecule has 0 aliphatic carbocycles. The lowest BCUT2D eigenvalue weighted by Crippen LogP contribution is -2.16. The van der Waals surface area contributed by atoms with E-state index in [-0.39, 0.29) is 11.1 Å². The summed E-state index contributed by atoms with van der Waals surface area (Å²) >= 11 is 0. The van der Waals surface area contributed by atoms with Crippen molar-refractivity contribution in [3.63, 3.8) is 0 Å². The molecule has 0 aromatic heterocycles. The topological polar surface area (TPSA) is 24.7 Å². The zero-order chi connectivity index (χ0) is 11.2. The second-order valence-electron chi connectivity index (χ2n) is 4.89. The fourth-order valence-electron chi connectivity index (χ4n) is 0.653. The van der Waals surface area contributed by atoms with Crippen LogP contribution in [0.3, 0.4) is 0 Å². The van der Waals surface area contributed by atoms with E-state index in [1.807, 2.05) is 12.4 Å². The predicted molar refractivity (Wildman–Crippen MR) is 65.7 cm³/mol. The molecule has 0 saturated carbocycles. The van der Waals surface area contributed by atoms with Crippen molar-refractivity contribution in [2.45, 2.75) is 65.5 Å². The van der Waals surface area contributed by atoms with Gasteiger partial charge in [-0.25, -0.2) is 0 Å². The lowest BCUT2D eigenvalue weighted by molar-refractivity contribution is 0.504. The number of hydrogen-bond acceptors (Lipinski definition) is 2. The summed E-state index contributed by atoms with van der Waals surface area (Å²) in [7, 11) is 0. The van der Waals surface area contributed by atoms with E-state index in [2.05, 4.69) is 51.5 Å². The molecule has 0 N–H and O–H groups in total. The largest absolute Gasteiger partial charge is 0.286 e. The lowest BCUT2D eigenvalue weighted by Gasteiger charge is -2.17. The van der Waals surface area contributed by atoms with Crippen LogP contribution in [0.1, 0.15) is 54.4 Å². The van der Waals surface area contributed by atoms with Crippen LogP contribution in [0, 0.1) is 0 Å². The summed E-state index contributed by atoms with van der Waals surface area (Å²) in [6.07, 6.45) is 5.74.